The fourth-order valence-electron chi connectivity index (χ4n) is 3.49. The number of carbonyl (C=O) groups is 1. The SMILES string of the molecule is CC[C@@H](C)N(Cc1cccc(OS(C)(=O)=O)c1)C(=O)[C@@H]1C[C@H]1c1ccccc1. The van der Waals surface area contributed by atoms with Gasteiger partial charge in [0.1, 0.15) is 5.75 Å². The van der Waals surface area contributed by atoms with Crippen LogP contribution >= 0.6 is 0 Å². The van der Waals surface area contributed by atoms with Gasteiger partial charge in [0.05, 0.1) is 6.26 Å². The van der Waals surface area contributed by atoms with Gasteiger partial charge in [-0.25, -0.2) is 0 Å². The average Bonchev–Trinajstić information content (AvgIpc) is 3.45. The molecule has 1 aliphatic carbocycles. The first-order valence-electron chi connectivity index (χ1n) is 9.62. The Morgan fingerprint density at radius 3 is 2.54 bits per heavy atom. The standard InChI is InChI=1S/C22H27NO4S/c1-4-16(2)23(15-17-9-8-12-19(13-17)27-28(3,25)26)22(24)21-14-20(21)18-10-6-5-7-11-18/h5-13,16,20-21H,4,14-15H2,1-3H3/t16-,20+,21-/m1/s1. The maximum Gasteiger partial charge on any atom is 0.306 e. The molecule has 5 nitrogen and oxygen atoms in total. The summed E-state index contributed by atoms with van der Waals surface area (Å²) in [7, 11) is -3.58. The van der Waals surface area contributed by atoms with E-state index in [1.165, 1.54) is 5.56 Å². The highest BCUT2D eigenvalue weighted by Gasteiger charge is 2.46. The first-order chi connectivity index (χ1) is 13.3. The molecule has 1 saturated carbocycles. The minimum atomic E-state index is -3.58. The molecule has 2 aromatic carbocycles. The lowest BCUT2D eigenvalue weighted by atomic mass is 10.1. The lowest BCUT2D eigenvalue weighted by Gasteiger charge is -2.29. The van der Waals surface area contributed by atoms with Crippen molar-refractivity contribution in [3.63, 3.8) is 0 Å². The number of hydrogen-bond donors (Lipinski definition) is 0. The maximum atomic E-state index is 13.2. The van der Waals surface area contributed by atoms with Crippen LogP contribution in [0.15, 0.2) is 54.6 Å². The van der Waals surface area contributed by atoms with Crippen LogP contribution in [-0.2, 0) is 21.5 Å². The number of benzene rings is 2. The molecule has 0 N–H and O–H groups in total. The molecular formula is C22H27NO4S. The molecule has 3 rings (SSSR count). The Morgan fingerprint density at radius 1 is 1.18 bits per heavy atom. The molecule has 0 aromatic heterocycles. The van der Waals surface area contributed by atoms with Crippen molar-refractivity contribution in [2.45, 2.75) is 45.2 Å². The molecule has 28 heavy (non-hydrogen) atoms. The second kappa shape index (κ2) is 8.35. The normalized spacial score (nSPS) is 19.7. The van der Waals surface area contributed by atoms with Crippen LogP contribution in [0.4, 0.5) is 0 Å². The number of carbonyl (C=O) groups excluding carboxylic acids is 1. The Hall–Kier alpha value is -2.34. The second-order valence-corrected chi connectivity index (χ2v) is 9.09. The molecular weight excluding hydrogens is 374 g/mol. The summed E-state index contributed by atoms with van der Waals surface area (Å²) >= 11 is 0. The van der Waals surface area contributed by atoms with Gasteiger partial charge < -0.3 is 9.08 Å². The largest absolute Gasteiger partial charge is 0.383 e. The minimum absolute atomic E-state index is 0.0202. The van der Waals surface area contributed by atoms with Gasteiger partial charge in [0.2, 0.25) is 5.91 Å². The van der Waals surface area contributed by atoms with Crippen LogP contribution in [0.1, 0.15) is 43.7 Å². The molecule has 0 aliphatic heterocycles. The highest BCUT2D eigenvalue weighted by Crippen LogP contribution is 2.48. The fourth-order valence-corrected chi connectivity index (χ4v) is 3.94. The lowest BCUT2D eigenvalue weighted by Crippen LogP contribution is -2.39. The van der Waals surface area contributed by atoms with E-state index in [2.05, 4.69) is 26.0 Å². The monoisotopic (exact) mass is 401 g/mol. The van der Waals surface area contributed by atoms with Gasteiger partial charge in [-0.1, -0.05) is 49.4 Å². The Bertz CT molecular complexity index is 927. The molecule has 0 spiro atoms. The zero-order valence-corrected chi connectivity index (χ0v) is 17.4. The Kier molecular flexibility index (Phi) is 6.08. The molecule has 6 heteroatoms. The van der Waals surface area contributed by atoms with Crippen molar-refractivity contribution in [2.75, 3.05) is 6.26 Å². The van der Waals surface area contributed by atoms with E-state index in [1.54, 1.807) is 18.2 Å². The van der Waals surface area contributed by atoms with Gasteiger partial charge in [-0.05, 0) is 48.9 Å². The van der Waals surface area contributed by atoms with Gasteiger partial charge in [0.15, 0.2) is 0 Å². The molecule has 0 saturated heterocycles. The minimum Gasteiger partial charge on any atom is -0.383 e. The van der Waals surface area contributed by atoms with Crippen LogP contribution in [0.2, 0.25) is 0 Å². The predicted molar refractivity (Wildman–Crippen MR) is 110 cm³/mol. The van der Waals surface area contributed by atoms with Gasteiger partial charge in [0, 0.05) is 18.5 Å². The van der Waals surface area contributed by atoms with Crippen LogP contribution in [0, 0.1) is 5.92 Å². The van der Waals surface area contributed by atoms with Crippen LogP contribution in [0.5, 0.6) is 5.75 Å². The summed E-state index contributed by atoms with van der Waals surface area (Å²) < 4.78 is 27.7. The summed E-state index contributed by atoms with van der Waals surface area (Å²) in [5, 5.41) is 0. The van der Waals surface area contributed by atoms with Gasteiger partial charge in [-0.2, -0.15) is 8.42 Å². The number of nitrogens with zero attached hydrogens (tertiary/aromatic N) is 1. The van der Waals surface area contributed by atoms with Crippen molar-refractivity contribution in [1.82, 2.24) is 4.90 Å². The van der Waals surface area contributed by atoms with Crippen molar-refractivity contribution in [1.29, 1.82) is 0 Å². The third-order valence-corrected chi connectivity index (χ3v) is 5.74. The maximum absolute atomic E-state index is 13.2. The molecule has 0 heterocycles. The van der Waals surface area contributed by atoms with E-state index >= 15 is 0 Å². The van der Waals surface area contributed by atoms with Crippen LogP contribution in [-0.4, -0.2) is 31.5 Å². The van der Waals surface area contributed by atoms with E-state index in [0.29, 0.717) is 12.5 Å². The number of hydrogen-bond acceptors (Lipinski definition) is 4. The predicted octanol–water partition coefficient (Wildman–Crippen LogP) is 3.96. The van der Waals surface area contributed by atoms with Crippen molar-refractivity contribution in [3.8, 4) is 5.75 Å². The molecule has 0 bridgehead atoms. The Labute approximate surface area is 167 Å². The highest BCUT2D eigenvalue weighted by atomic mass is 32.2. The third-order valence-electron chi connectivity index (χ3n) is 5.24. The fraction of sp³-hybridized carbons (Fsp3) is 0.409. The van der Waals surface area contributed by atoms with Gasteiger partial charge in [0.25, 0.3) is 0 Å². The van der Waals surface area contributed by atoms with Crippen LogP contribution in [0.3, 0.4) is 0 Å². The molecule has 150 valence electrons. The lowest BCUT2D eigenvalue weighted by molar-refractivity contribution is -0.135. The highest BCUT2D eigenvalue weighted by molar-refractivity contribution is 7.86. The van der Waals surface area contributed by atoms with E-state index in [9.17, 15) is 13.2 Å². The van der Waals surface area contributed by atoms with Gasteiger partial charge >= 0.3 is 10.1 Å². The van der Waals surface area contributed by atoms with Crippen molar-refractivity contribution in [2.24, 2.45) is 5.92 Å². The van der Waals surface area contributed by atoms with Crippen LogP contribution < -0.4 is 4.18 Å². The average molecular weight is 402 g/mol. The molecule has 0 radical (unpaired) electrons. The summed E-state index contributed by atoms with van der Waals surface area (Å²) in [6.45, 7) is 4.55. The van der Waals surface area contributed by atoms with Gasteiger partial charge in [-0.3, -0.25) is 4.79 Å². The van der Waals surface area contributed by atoms with E-state index in [0.717, 1.165) is 24.7 Å². The van der Waals surface area contributed by atoms with E-state index < -0.39 is 10.1 Å². The van der Waals surface area contributed by atoms with Crippen molar-refractivity contribution < 1.29 is 17.4 Å². The summed E-state index contributed by atoms with van der Waals surface area (Å²) in [5.74, 6) is 0.745. The molecule has 1 fully saturated rings. The topological polar surface area (TPSA) is 63.7 Å². The summed E-state index contributed by atoms with van der Waals surface area (Å²) in [5.41, 5.74) is 2.07. The Balaban J connectivity index is 1.75. The number of amides is 1. The van der Waals surface area contributed by atoms with Crippen molar-refractivity contribution >= 4 is 16.0 Å². The van der Waals surface area contributed by atoms with E-state index in [-0.39, 0.29) is 23.6 Å². The zero-order chi connectivity index (χ0) is 20.3. The van der Waals surface area contributed by atoms with Gasteiger partial charge in [-0.15, -0.1) is 0 Å². The van der Waals surface area contributed by atoms with E-state index in [1.807, 2.05) is 29.2 Å². The van der Waals surface area contributed by atoms with Crippen LogP contribution in [0.25, 0.3) is 0 Å². The first kappa shape index (κ1) is 20.4. The molecule has 1 aliphatic rings. The quantitative estimate of drug-likeness (QED) is 0.628. The summed E-state index contributed by atoms with van der Waals surface area (Å²) in [6, 6.07) is 17.2. The third kappa shape index (κ3) is 5.13. The summed E-state index contributed by atoms with van der Waals surface area (Å²) in [4.78, 5) is 15.1. The first-order valence-corrected chi connectivity index (χ1v) is 11.4. The molecule has 1 amide bonds. The Morgan fingerprint density at radius 2 is 1.89 bits per heavy atom. The summed E-state index contributed by atoms with van der Waals surface area (Å²) in [6.07, 6.45) is 2.76. The van der Waals surface area contributed by atoms with E-state index in [4.69, 9.17) is 4.18 Å². The smallest absolute Gasteiger partial charge is 0.306 e. The second-order valence-electron chi connectivity index (χ2n) is 7.52. The molecule has 2 aromatic rings. The number of rotatable bonds is 8. The molecule has 3 atom stereocenters. The zero-order valence-electron chi connectivity index (χ0n) is 16.5. The van der Waals surface area contributed by atoms with Crippen molar-refractivity contribution in [3.05, 3.63) is 65.7 Å². The molecule has 0 unspecified atom stereocenters.